The van der Waals surface area contributed by atoms with Gasteiger partial charge in [-0.2, -0.15) is 0 Å². The predicted octanol–water partition coefficient (Wildman–Crippen LogP) is 0.359. The maximum Gasteiger partial charge on any atom is 0.241 e. The molecule has 0 aromatic carbocycles. The van der Waals surface area contributed by atoms with Crippen molar-refractivity contribution in [3.63, 3.8) is 0 Å². The Morgan fingerprint density at radius 2 is 1.76 bits per heavy atom. The molecule has 0 aliphatic carbocycles. The fraction of sp³-hybridized carbons (Fsp3) is 0.833. The SMILES string of the molecule is CCN(CC)C(=O)CNC(=O)CCNC(C)C. The van der Waals surface area contributed by atoms with Crippen LogP contribution in [0.3, 0.4) is 0 Å². The average molecular weight is 243 g/mol. The number of hydrogen-bond donors (Lipinski definition) is 2. The van der Waals surface area contributed by atoms with Gasteiger partial charge in [0.2, 0.25) is 11.8 Å². The molecule has 0 aromatic rings. The van der Waals surface area contributed by atoms with E-state index in [-0.39, 0.29) is 18.4 Å². The Morgan fingerprint density at radius 1 is 1.18 bits per heavy atom. The van der Waals surface area contributed by atoms with Crippen molar-refractivity contribution in [2.45, 2.75) is 40.2 Å². The van der Waals surface area contributed by atoms with E-state index in [0.717, 1.165) is 0 Å². The smallest absolute Gasteiger partial charge is 0.241 e. The number of nitrogens with one attached hydrogen (secondary N) is 2. The van der Waals surface area contributed by atoms with E-state index >= 15 is 0 Å². The molecule has 0 unspecified atom stereocenters. The molecule has 0 radical (unpaired) electrons. The van der Waals surface area contributed by atoms with Crippen LogP contribution in [0.25, 0.3) is 0 Å². The second-order valence-electron chi connectivity index (χ2n) is 4.20. The molecule has 5 nitrogen and oxygen atoms in total. The molecule has 0 atom stereocenters. The van der Waals surface area contributed by atoms with Crippen LogP contribution >= 0.6 is 0 Å². The number of nitrogens with zero attached hydrogens (tertiary/aromatic N) is 1. The highest BCUT2D eigenvalue weighted by atomic mass is 16.2. The van der Waals surface area contributed by atoms with Crippen LogP contribution in [0.2, 0.25) is 0 Å². The van der Waals surface area contributed by atoms with Gasteiger partial charge in [0.15, 0.2) is 0 Å². The minimum atomic E-state index is -0.0846. The Kier molecular flexibility index (Phi) is 8.40. The Bertz CT molecular complexity index is 238. The van der Waals surface area contributed by atoms with Crippen LogP contribution in [0, 0.1) is 0 Å². The Labute approximate surface area is 104 Å². The molecule has 0 rings (SSSR count). The van der Waals surface area contributed by atoms with Crippen LogP contribution in [0.15, 0.2) is 0 Å². The first-order valence-corrected chi connectivity index (χ1v) is 6.29. The summed E-state index contributed by atoms with van der Waals surface area (Å²) in [6, 6.07) is 0.375. The maximum absolute atomic E-state index is 11.6. The highest BCUT2D eigenvalue weighted by Gasteiger charge is 2.10. The molecule has 2 amide bonds. The van der Waals surface area contributed by atoms with Gasteiger partial charge in [0.05, 0.1) is 6.54 Å². The third-order valence-corrected chi connectivity index (χ3v) is 2.46. The lowest BCUT2D eigenvalue weighted by molar-refractivity contribution is -0.132. The standard InChI is InChI=1S/C12H25N3O2/c1-5-15(6-2)12(17)9-14-11(16)7-8-13-10(3)4/h10,13H,5-9H2,1-4H3,(H,14,16). The van der Waals surface area contributed by atoms with E-state index in [9.17, 15) is 9.59 Å². The number of carbonyl (C=O) groups is 2. The van der Waals surface area contributed by atoms with Crippen LogP contribution in [-0.2, 0) is 9.59 Å². The summed E-state index contributed by atoms with van der Waals surface area (Å²) >= 11 is 0. The third-order valence-electron chi connectivity index (χ3n) is 2.46. The molecule has 2 N–H and O–H groups in total. The number of carbonyl (C=O) groups excluding carboxylic acids is 2. The van der Waals surface area contributed by atoms with Gasteiger partial charge in [0.25, 0.3) is 0 Å². The van der Waals surface area contributed by atoms with E-state index in [1.165, 1.54) is 0 Å². The van der Waals surface area contributed by atoms with Gasteiger partial charge >= 0.3 is 0 Å². The second kappa shape index (κ2) is 8.98. The largest absolute Gasteiger partial charge is 0.347 e. The summed E-state index contributed by atoms with van der Waals surface area (Å²) in [6.45, 7) is 10.0. The minimum absolute atomic E-state index is 0.0276. The zero-order valence-corrected chi connectivity index (χ0v) is 11.4. The highest BCUT2D eigenvalue weighted by Crippen LogP contribution is 1.88. The third kappa shape index (κ3) is 7.74. The van der Waals surface area contributed by atoms with Crippen molar-refractivity contribution in [1.82, 2.24) is 15.5 Å². The van der Waals surface area contributed by atoms with Crippen LogP contribution in [0.1, 0.15) is 34.1 Å². The van der Waals surface area contributed by atoms with Crippen molar-refractivity contribution in [1.29, 1.82) is 0 Å². The van der Waals surface area contributed by atoms with Crippen molar-refractivity contribution >= 4 is 11.8 Å². The molecule has 0 aliphatic heterocycles. The monoisotopic (exact) mass is 243 g/mol. The topological polar surface area (TPSA) is 61.4 Å². The number of rotatable bonds is 8. The molecule has 100 valence electrons. The molecule has 0 saturated heterocycles. The molecule has 0 aromatic heterocycles. The molecule has 0 bridgehead atoms. The van der Waals surface area contributed by atoms with Crippen molar-refractivity contribution in [3.8, 4) is 0 Å². The van der Waals surface area contributed by atoms with Crippen LogP contribution in [-0.4, -0.2) is 48.9 Å². The maximum atomic E-state index is 11.6. The molecular weight excluding hydrogens is 218 g/mol. The summed E-state index contributed by atoms with van der Waals surface area (Å²) in [6.07, 6.45) is 0.406. The van der Waals surface area contributed by atoms with Crippen molar-refractivity contribution in [3.05, 3.63) is 0 Å². The number of amides is 2. The van der Waals surface area contributed by atoms with Gasteiger partial charge in [-0.15, -0.1) is 0 Å². The van der Waals surface area contributed by atoms with Gasteiger partial charge in [-0.25, -0.2) is 0 Å². The predicted molar refractivity (Wildman–Crippen MR) is 68.7 cm³/mol. The Balaban J connectivity index is 3.72. The first kappa shape index (κ1) is 15.9. The molecule has 0 saturated carbocycles. The lowest BCUT2D eigenvalue weighted by Crippen LogP contribution is -2.40. The molecule has 0 heterocycles. The van der Waals surface area contributed by atoms with E-state index in [4.69, 9.17) is 0 Å². The van der Waals surface area contributed by atoms with Gasteiger partial charge in [-0.05, 0) is 13.8 Å². The lowest BCUT2D eigenvalue weighted by Gasteiger charge is -2.18. The zero-order chi connectivity index (χ0) is 13.3. The zero-order valence-electron chi connectivity index (χ0n) is 11.4. The van der Waals surface area contributed by atoms with E-state index in [1.54, 1.807) is 4.90 Å². The fourth-order valence-electron chi connectivity index (χ4n) is 1.43. The van der Waals surface area contributed by atoms with Crippen molar-refractivity contribution in [2.75, 3.05) is 26.2 Å². The van der Waals surface area contributed by atoms with Gasteiger partial charge in [0.1, 0.15) is 0 Å². The summed E-state index contributed by atoms with van der Waals surface area (Å²) < 4.78 is 0. The van der Waals surface area contributed by atoms with Crippen LogP contribution in [0.4, 0.5) is 0 Å². The van der Waals surface area contributed by atoms with Crippen LogP contribution in [0.5, 0.6) is 0 Å². The Morgan fingerprint density at radius 3 is 2.24 bits per heavy atom. The summed E-state index contributed by atoms with van der Waals surface area (Å²) in [7, 11) is 0. The van der Waals surface area contributed by atoms with Crippen molar-refractivity contribution < 1.29 is 9.59 Å². The summed E-state index contributed by atoms with van der Waals surface area (Å²) in [5, 5.41) is 5.79. The fourth-order valence-corrected chi connectivity index (χ4v) is 1.43. The normalized spacial score (nSPS) is 10.4. The van der Waals surface area contributed by atoms with Gasteiger partial charge < -0.3 is 15.5 Å². The molecule has 0 aliphatic rings. The van der Waals surface area contributed by atoms with E-state index < -0.39 is 0 Å². The van der Waals surface area contributed by atoms with Gasteiger partial charge in [-0.3, -0.25) is 9.59 Å². The molecule has 0 fully saturated rings. The molecule has 5 heteroatoms. The highest BCUT2D eigenvalue weighted by molar-refractivity contribution is 5.84. The summed E-state index contributed by atoms with van der Waals surface area (Å²) in [4.78, 5) is 24.7. The van der Waals surface area contributed by atoms with Crippen molar-refractivity contribution in [2.24, 2.45) is 0 Å². The van der Waals surface area contributed by atoms with Gasteiger partial charge in [0, 0.05) is 32.1 Å². The van der Waals surface area contributed by atoms with Crippen LogP contribution < -0.4 is 10.6 Å². The molecular formula is C12H25N3O2. The Hall–Kier alpha value is -1.10. The number of likely N-dealkylation sites (N-methyl/N-ethyl adjacent to an activating group) is 1. The number of hydrogen-bond acceptors (Lipinski definition) is 3. The second-order valence-corrected chi connectivity index (χ2v) is 4.20. The summed E-state index contributed by atoms with van der Waals surface area (Å²) in [5.74, 6) is -0.112. The lowest BCUT2D eigenvalue weighted by atomic mass is 10.3. The van der Waals surface area contributed by atoms with Gasteiger partial charge in [-0.1, -0.05) is 13.8 Å². The molecule has 17 heavy (non-hydrogen) atoms. The minimum Gasteiger partial charge on any atom is -0.347 e. The first-order valence-electron chi connectivity index (χ1n) is 6.29. The van der Waals surface area contributed by atoms with E-state index in [1.807, 2.05) is 27.7 Å². The van der Waals surface area contributed by atoms with E-state index in [2.05, 4.69) is 10.6 Å². The van der Waals surface area contributed by atoms with E-state index in [0.29, 0.717) is 32.1 Å². The summed E-state index contributed by atoms with van der Waals surface area (Å²) in [5.41, 5.74) is 0. The molecule has 0 spiro atoms. The quantitative estimate of drug-likeness (QED) is 0.647. The first-order chi connectivity index (χ1) is 8.01. The average Bonchev–Trinajstić information content (AvgIpc) is 2.27.